The average Bonchev–Trinajstić information content (AvgIpc) is 3.30. The highest BCUT2D eigenvalue weighted by Gasteiger charge is 2.17. The predicted octanol–water partition coefficient (Wildman–Crippen LogP) is 3.46. The minimum Gasteiger partial charge on any atom is -0.500 e. The summed E-state index contributed by atoms with van der Waals surface area (Å²) in [6, 6.07) is 5.89. The van der Waals surface area contributed by atoms with Crippen LogP contribution in [0.25, 0.3) is 6.08 Å². The van der Waals surface area contributed by atoms with Gasteiger partial charge in [-0.15, -0.1) is 0 Å². The van der Waals surface area contributed by atoms with Crippen molar-refractivity contribution in [3.05, 3.63) is 47.4 Å². The largest absolute Gasteiger partial charge is 0.500 e. The molecule has 0 atom stereocenters. The van der Waals surface area contributed by atoms with Crippen molar-refractivity contribution >= 4 is 12.0 Å². The van der Waals surface area contributed by atoms with Crippen LogP contribution < -0.4 is 4.74 Å². The Morgan fingerprint density at radius 3 is 2.67 bits per heavy atom. The van der Waals surface area contributed by atoms with Crippen LogP contribution in [-0.2, 0) is 14.3 Å². The Labute approximate surface area is 125 Å². The molecule has 0 N–H and O–H groups in total. The summed E-state index contributed by atoms with van der Waals surface area (Å²) in [6.07, 6.45) is 8.07. The smallest absolute Gasteiger partial charge is 0.377 e. The molecule has 1 saturated carbocycles. The third kappa shape index (κ3) is 4.38. The average molecular weight is 288 g/mol. The van der Waals surface area contributed by atoms with Crippen LogP contribution in [-0.4, -0.2) is 20.2 Å². The second kappa shape index (κ2) is 6.97. The molecule has 4 nitrogen and oxygen atoms in total. The highest BCUT2D eigenvalue weighted by Crippen LogP contribution is 2.31. The van der Waals surface area contributed by atoms with Crippen LogP contribution in [0.15, 0.2) is 36.3 Å². The van der Waals surface area contributed by atoms with Crippen LogP contribution in [0.1, 0.15) is 24.0 Å². The van der Waals surface area contributed by atoms with E-state index in [1.54, 1.807) is 0 Å². The summed E-state index contributed by atoms with van der Waals surface area (Å²) in [4.78, 5) is 11.6. The van der Waals surface area contributed by atoms with Gasteiger partial charge in [0.1, 0.15) is 12.0 Å². The molecule has 1 aromatic carbocycles. The molecule has 1 aromatic rings. The van der Waals surface area contributed by atoms with Crippen LogP contribution in [0.3, 0.4) is 0 Å². The van der Waals surface area contributed by atoms with Crippen molar-refractivity contribution in [1.29, 1.82) is 0 Å². The summed E-state index contributed by atoms with van der Waals surface area (Å²) in [5.74, 6) is 0.776. The maximum absolute atomic E-state index is 11.6. The van der Waals surface area contributed by atoms with Crippen molar-refractivity contribution in [1.82, 2.24) is 0 Å². The summed E-state index contributed by atoms with van der Waals surface area (Å²) in [6.45, 7) is 1.92. The van der Waals surface area contributed by atoms with E-state index >= 15 is 0 Å². The fourth-order valence-corrected chi connectivity index (χ4v) is 1.81. The standard InChI is InChI=1S/C17H20O4/c1-12-4-5-14(9-8-13-6-7-13)10-15(12)21-16(11-19-2)17(18)20-3/h4-5,8-11,13H,6-7H2,1-3H3/b9-8+,16-11-. The molecular formula is C17H20O4. The molecule has 0 heterocycles. The Kier molecular flexibility index (Phi) is 5.04. The van der Waals surface area contributed by atoms with Gasteiger partial charge in [-0.2, -0.15) is 0 Å². The molecule has 0 amide bonds. The fourth-order valence-electron chi connectivity index (χ4n) is 1.81. The van der Waals surface area contributed by atoms with E-state index in [1.807, 2.05) is 25.1 Å². The maximum atomic E-state index is 11.6. The van der Waals surface area contributed by atoms with Gasteiger partial charge in [0.05, 0.1) is 14.2 Å². The second-order valence-corrected chi connectivity index (χ2v) is 5.03. The molecule has 0 aromatic heterocycles. The molecule has 0 spiro atoms. The first-order valence-corrected chi connectivity index (χ1v) is 6.92. The number of benzene rings is 1. The van der Waals surface area contributed by atoms with Crippen LogP contribution in [0.5, 0.6) is 5.75 Å². The molecule has 1 aliphatic carbocycles. The van der Waals surface area contributed by atoms with Gasteiger partial charge in [0.25, 0.3) is 0 Å². The molecule has 4 heteroatoms. The Morgan fingerprint density at radius 2 is 2.05 bits per heavy atom. The SMILES string of the molecule is CO/C=C(\Oc1cc(/C=C/C2CC2)ccc1C)C(=O)OC. The number of allylic oxidation sites excluding steroid dienone is 1. The number of hydrogen-bond acceptors (Lipinski definition) is 4. The molecule has 112 valence electrons. The molecule has 0 saturated heterocycles. The van der Waals surface area contributed by atoms with Gasteiger partial charge in [0.2, 0.25) is 5.76 Å². The maximum Gasteiger partial charge on any atom is 0.377 e. The minimum absolute atomic E-state index is 0.0198. The summed E-state index contributed by atoms with van der Waals surface area (Å²) in [5.41, 5.74) is 1.98. The molecule has 21 heavy (non-hydrogen) atoms. The number of esters is 1. The Hall–Kier alpha value is -2.23. The Morgan fingerprint density at radius 1 is 1.29 bits per heavy atom. The lowest BCUT2D eigenvalue weighted by atomic mass is 10.1. The van der Waals surface area contributed by atoms with E-state index < -0.39 is 5.97 Å². The number of carbonyl (C=O) groups is 1. The van der Waals surface area contributed by atoms with E-state index in [0.29, 0.717) is 5.75 Å². The summed E-state index contributed by atoms with van der Waals surface area (Å²) < 4.78 is 15.2. The van der Waals surface area contributed by atoms with Gasteiger partial charge in [0.15, 0.2) is 0 Å². The minimum atomic E-state index is -0.574. The van der Waals surface area contributed by atoms with E-state index in [2.05, 4.69) is 16.9 Å². The lowest BCUT2D eigenvalue weighted by Gasteiger charge is -2.11. The van der Waals surface area contributed by atoms with E-state index in [9.17, 15) is 4.79 Å². The zero-order valence-corrected chi connectivity index (χ0v) is 12.6. The van der Waals surface area contributed by atoms with Gasteiger partial charge >= 0.3 is 5.97 Å². The van der Waals surface area contributed by atoms with Crippen molar-refractivity contribution in [2.75, 3.05) is 14.2 Å². The summed E-state index contributed by atoms with van der Waals surface area (Å²) in [5, 5.41) is 0. The quantitative estimate of drug-likeness (QED) is 0.457. The molecule has 1 fully saturated rings. The topological polar surface area (TPSA) is 44.8 Å². The molecule has 0 radical (unpaired) electrons. The first-order valence-electron chi connectivity index (χ1n) is 6.92. The van der Waals surface area contributed by atoms with Crippen LogP contribution >= 0.6 is 0 Å². The van der Waals surface area contributed by atoms with Gasteiger partial charge in [-0.1, -0.05) is 24.3 Å². The monoisotopic (exact) mass is 288 g/mol. The predicted molar refractivity (Wildman–Crippen MR) is 80.7 cm³/mol. The Bertz CT molecular complexity index is 568. The molecule has 1 aliphatic rings. The number of hydrogen-bond donors (Lipinski definition) is 0. The van der Waals surface area contributed by atoms with Gasteiger partial charge < -0.3 is 14.2 Å². The van der Waals surface area contributed by atoms with Crippen molar-refractivity contribution in [3.63, 3.8) is 0 Å². The van der Waals surface area contributed by atoms with Gasteiger partial charge in [0, 0.05) is 0 Å². The first-order chi connectivity index (χ1) is 10.1. The molecule has 0 bridgehead atoms. The van der Waals surface area contributed by atoms with Crippen molar-refractivity contribution in [2.45, 2.75) is 19.8 Å². The third-order valence-corrected chi connectivity index (χ3v) is 3.23. The van der Waals surface area contributed by atoms with Crippen molar-refractivity contribution in [2.24, 2.45) is 5.92 Å². The van der Waals surface area contributed by atoms with Gasteiger partial charge in [-0.3, -0.25) is 0 Å². The van der Waals surface area contributed by atoms with E-state index in [0.717, 1.165) is 17.0 Å². The number of ether oxygens (including phenoxy) is 3. The van der Waals surface area contributed by atoms with Crippen LogP contribution in [0.2, 0.25) is 0 Å². The van der Waals surface area contributed by atoms with Crippen molar-refractivity contribution in [3.8, 4) is 5.75 Å². The van der Waals surface area contributed by atoms with Gasteiger partial charge in [-0.25, -0.2) is 4.79 Å². The normalized spacial score (nSPS) is 15.1. The van der Waals surface area contributed by atoms with Gasteiger partial charge in [-0.05, 0) is 42.9 Å². The van der Waals surface area contributed by atoms with E-state index in [4.69, 9.17) is 9.47 Å². The van der Waals surface area contributed by atoms with Crippen molar-refractivity contribution < 1.29 is 19.0 Å². The van der Waals surface area contributed by atoms with E-state index in [1.165, 1.54) is 33.3 Å². The highest BCUT2D eigenvalue weighted by atomic mass is 16.6. The molecule has 0 aliphatic heterocycles. The number of methoxy groups -OCH3 is 2. The number of aryl methyl sites for hydroxylation is 1. The number of carbonyl (C=O) groups excluding carboxylic acids is 1. The lowest BCUT2D eigenvalue weighted by Crippen LogP contribution is -2.11. The molecular weight excluding hydrogens is 268 g/mol. The van der Waals surface area contributed by atoms with E-state index in [-0.39, 0.29) is 5.76 Å². The Balaban J connectivity index is 2.18. The molecule has 2 rings (SSSR count). The summed E-state index contributed by atoms with van der Waals surface area (Å²) >= 11 is 0. The first kappa shape index (κ1) is 15.2. The third-order valence-electron chi connectivity index (χ3n) is 3.23. The number of rotatable bonds is 6. The zero-order chi connectivity index (χ0) is 15.2. The molecule has 0 unspecified atom stereocenters. The summed E-state index contributed by atoms with van der Waals surface area (Å²) in [7, 11) is 2.75. The fraction of sp³-hybridized carbons (Fsp3) is 0.353. The highest BCUT2D eigenvalue weighted by molar-refractivity contribution is 5.86. The zero-order valence-electron chi connectivity index (χ0n) is 12.6. The van der Waals surface area contributed by atoms with Crippen LogP contribution in [0.4, 0.5) is 0 Å². The van der Waals surface area contributed by atoms with Crippen LogP contribution in [0, 0.1) is 12.8 Å². The second-order valence-electron chi connectivity index (χ2n) is 5.03. The lowest BCUT2D eigenvalue weighted by molar-refractivity contribution is -0.138.